The average Bonchev–Trinajstić information content (AvgIpc) is 3.00. The minimum atomic E-state index is 0.247. The Morgan fingerprint density at radius 1 is 1.55 bits per heavy atom. The van der Waals surface area contributed by atoms with Crippen LogP contribution >= 0.6 is 23.8 Å². The molecule has 0 aromatic heterocycles. The molecular formula is C15H21ClN4OS. The second kappa shape index (κ2) is 8.31. The zero-order chi connectivity index (χ0) is 15.9. The van der Waals surface area contributed by atoms with E-state index >= 15 is 0 Å². The fourth-order valence-electron chi connectivity index (χ4n) is 2.11. The number of thiocarbonyl (C=S) groups is 1. The number of rotatable bonds is 5. The van der Waals surface area contributed by atoms with Crippen LogP contribution in [0.25, 0.3) is 0 Å². The van der Waals surface area contributed by atoms with E-state index in [1.165, 1.54) is 0 Å². The Bertz CT molecular complexity index is 544. The molecule has 5 nitrogen and oxygen atoms in total. The Labute approximate surface area is 141 Å². The number of nitrogens with one attached hydrogen (secondary N) is 2. The van der Waals surface area contributed by atoms with Crippen molar-refractivity contribution in [3.63, 3.8) is 0 Å². The second-order valence-electron chi connectivity index (χ2n) is 5.32. The molecule has 22 heavy (non-hydrogen) atoms. The van der Waals surface area contributed by atoms with Gasteiger partial charge in [-0.15, -0.1) is 0 Å². The van der Waals surface area contributed by atoms with Gasteiger partial charge in [-0.3, -0.25) is 5.43 Å². The van der Waals surface area contributed by atoms with Gasteiger partial charge in [0.25, 0.3) is 0 Å². The maximum Gasteiger partial charge on any atom is 0.187 e. The minimum absolute atomic E-state index is 0.247. The third kappa shape index (κ3) is 5.12. The summed E-state index contributed by atoms with van der Waals surface area (Å²) in [6, 6.07) is 5.81. The lowest BCUT2D eigenvalue weighted by molar-refractivity contribution is 0.114. The van der Waals surface area contributed by atoms with Crippen LogP contribution in [0.5, 0.6) is 0 Å². The van der Waals surface area contributed by atoms with E-state index in [9.17, 15) is 0 Å². The van der Waals surface area contributed by atoms with Crippen molar-refractivity contribution >= 4 is 40.8 Å². The van der Waals surface area contributed by atoms with Crippen LogP contribution in [0.1, 0.15) is 18.4 Å². The summed E-state index contributed by atoms with van der Waals surface area (Å²) in [7, 11) is 3.94. The predicted octanol–water partition coefficient (Wildman–Crippen LogP) is 2.38. The lowest BCUT2D eigenvalue weighted by Gasteiger charge is -2.13. The van der Waals surface area contributed by atoms with Crippen molar-refractivity contribution in [1.29, 1.82) is 0 Å². The molecule has 1 unspecified atom stereocenters. The van der Waals surface area contributed by atoms with Crippen LogP contribution in [-0.2, 0) is 4.74 Å². The van der Waals surface area contributed by atoms with Crippen molar-refractivity contribution in [2.75, 3.05) is 32.1 Å². The van der Waals surface area contributed by atoms with Crippen molar-refractivity contribution in [2.24, 2.45) is 5.10 Å². The maximum atomic E-state index is 6.23. The van der Waals surface area contributed by atoms with Crippen LogP contribution in [0.3, 0.4) is 0 Å². The van der Waals surface area contributed by atoms with Crippen molar-refractivity contribution in [2.45, 2.75) is 18.9 Å². The summed E-state index contributed by atoms with van der Waals surface area (Å²) in [6.07, 6.45) is 4.09. The Kier molecular flexibility index (Phi) is 6.42. The third-order valence-electron chi connectivity index (χ3n) is 3.38. The average molecular weight is 341 g/mol. The number of nitrogens with zero attached hydrogens (tertiary/aromatic N) is 2. The standard InChI is InChI=1S/C15H21ClN4OS/c1-20(2)12-6-5-11(14(16)8-12)9-18-19-15(22)17-10-13-4-3-7-21-13/h5-6,8-9,13H,3-4,7,10H2,1-2H3,(H2,17,19,22). The van der Waals surface area contributed by atoms with Crippen LogP contribution in [0.2, 0.25) is 5.02 Å². The number of benzene rings is 1. The monoisotopic (exact) mass is 340 g/mol. The molecule has 1 aromatic rings. The molecule has 7 heteroatoms. The van der Waals surface area contributed by atoms with Gasteiger partial charge in [-0.2, -0.15) is 5.10 Å². The van der Waals surface area contributed by atoms with E-state index in [0.717, 1.165) is 30.7 Å². The number of hydrazone groups is 1. The molecule has 1 aliphatic heterocycles. The molecule has 0 saturated carbocycles. The molecule has 1 atom stereocenters. The summed E-state index contributed by atoms with van der Waals surface area (Å²) in [6.45, 7) is 1.55. The minimum Gasteiger partial charge on any atom is -0.378 e. The van der Waals surface area contributed by atoms with Gasteiger partial charge in [0.2, 0.25) is 0 Å². The van der Waals surface area contributed by atoms with Crippen molar-refractivity contribution < 1.29 is 4.74 Å². The topological polar surface area (TPSA) is 48.9 Å². The molecule has 1 aliphatic rings. The lowest BCUT2D eigenvalue weighted by atomic mass is 10.2. The summed E-state index contributed by atoms with van der Waals surface area (Å²) in [5, 5.41) is 8.32. The number of hydrogen-bond donors (Lipinski definition) is 2. The van der Waals surface area contributed by atoms with E-state index in [0.29, 0.717) is 16.7 Å². The highest BCUT2D eigenvalue weighted by Gasteiger charge is 2.14. The van der Waals surface area contributed by atoms with Gasteiger partial charge in [-0.05, 0) is 43.3 Å². The molecular weight excluding hydrogens is 320 g/mol. The third-order valence-corrected chi connectivity index (χ3v) is 3.95. The molecule has 0 amide bonds. The van der Waals surface area contributed by atoms with Crippen LogP contribution < -0.4 is 15.6 Å². The van der Waals surface area contributed by atoms with Crippen molar-refractivity contribution in [3.8, 4) is 0 Å². The molecule has 120 valence electrons. The highest BCUT2D eigenvalue weighted by Crippen LogP contribution is 2.21. The van der Waals surface area contributed by atoms with Crippen molar-refractivity contribution in [1.82, 2.24) is 10.7 Å². The first-order chi connectivity index (χ1) is 10.6. The van der Waals surface area contributed by atoms with Gasteiger partial charge in [-0.1, -0.05) is 11.6 Å². The van der Waals surface area contributed by atoms with E-state index in [1.807, 2.05) is 37.2 Å². The highest BCUT2D eigenvalue weighted by atomic mass is 35.5. The normalized spacial score (nSPS) is 17.7. The first kappa shape index (κ1) is 17.0. The van der Waals surface area contributed by atoms with E-state index < -0.39 is 0 Å². The molecule has 2 rings (SSSR count). The number of hydrogen-bond acceptors (Lipinski definition) is 4. The number of halogens is 1. The van der Waals surface area contributed by atoms with Gasteiger partial charge in [0.1, 0.15) is 0 Å². The molecule has 0 aliphatic carbocycles. The molecule has 1 fully saturated rings. The van der Waals surface area contributed by atoms with Crippen LogP contribution in [-0.4, -0.2) is 44.7 Å². The molecule has 0 bridgehead atoms. The Balaban J connectivity index is 1.80. The van der Waals surface area contributed by atoms with Crippen LogP contribution in [0, 0.1) is 0 Å². The van der Waals surface area contributed by atoms with Gasteiger partial charge in [0.15, 0.2) is 5.11 Å². The zero-order valence-corrected chi connectivity index (χ0v) is 14.4. The van der Waals surface area contributed by atoms with Crippen molar-refractivity contribution in [3.05, 3.63) is 28.8 Å². The number of ether oxygens (including phenoxy) is 1. The molecule has 1 heterocycles. The summed E-state index contributed by atoms with van der Waals surface area (Å²) < 4.78 is 5.51. The van der Waals surface area contributed by atoms with E-state index in [-0.39, 0.29) is 6.10 Å². The second-order valence-corrected chi connectivity index (χ2v) is 6.13. The Hall–Kier alpha value is -1.37. The fourth-order valence-corrected chi connectivity index (χ4v) is 2.47. The lowest BCUT2D eigenvalue weighted by Crippen LogP contribution is -2.37. The Morgan fingerprint density at radius 3 is 3.00 bits per heavy atom. The smallest absolute Gasteiger partial charge is 0.187 e. The van der Waals surface area contributed by atoms with Crippen LogP contribution in [0.4, 0.5) is 5.69 Å². The highest BCUT2D eigenvalue weighted by molar-refractivity contribution is 7.80. The summed E-state index contributed by atoms with van der Waals surface area (Å²) in [5.74, 6) is 0. The van der Waals surface area contributed by atoms with Gasteiger partial charge in [0.05, 0.1) is 17.3 Å². The molecule has 2 N–H and O–H groups in total. The number of anilines is 1. The molecule has 1 aromatic carbocycles. The molecule has 0 radical (unpaired) electrons. The first-order valence-corrected chi connectivity index (χ1v) is 8.00. The van der Waals surface area contributed by atoms with E-state index in [2.05, 4.69) is 15.8 Å². The first-order valence-electron chi connectivity index (χ1n) is 7.21. The van der Waals surface area contributed by atoms with Gasteiger partial charge in [0, 0.05) is 38.5 Å². The van der Waals surface area contributed by atoms with Gasteiger partial charge in [-0.25, -0.2) is 0 Å². The van der Waals surface area contributed by atoms with E-state index in [4.69, 9.17) is 28.6 Å². The van der Waals surface area contributed by atoms with Gasteiger partial charge >= 0.3 is 0 Å². The predicted molar refractivity (Wildman–Crippen MR) is 96.1 cm³/mol. The fraction of sp³-hybridized carbons (Fsp3) is 0.467. The summed E-state index contributed by atoms with van der Waals surface area (Å²) in [5.41, 5.74) is 4.66. The van der Waals surface area contributed by atoms with E-state index in [1.54, 1.807) is 6.21 Å². The largest absolute Gasteiger partial charge is 0.378 e. The summed E-state index contributed by atoms with van der Waals surface area (Å²) in [4.78, 5) is 2.00. The quantitative estimate of drug-likeness (QED) is 0.489. The Morgan fingerprint density at radius 2 is 2.36 bits per heavy atom. The van der Waals surface area contributed by atoms with Gasteiger partial charge < -0.3 is 15.0 Å². The van der Waals surface area contributed by atoms with Crippen LogP contribution in [0.15, 0.2) is 23.3 Å². The molecule has 0 spiro atoms. The zero-order valence-electron chi connectivity index (χ0n) is 12.8. The SMILES string of the molecule is CN(C)c1ccc(C=NNC(=S)NCC2CCCO2)c(Cl)c1. The summed E-state index contributed by atoms with van der Waals surface area (Å²) >= 11 is 11.4. The maximum absolute atomic E-state index is 6.23. The molecule has 1 saturated heterocycles.